The number of hydrogen-bond acceptors (Lipinski definition) is 4. The fraction of sp³-hybridized carbons (Fsp3) is 0.0200. The molecule has 1 aliphatic rings. The third-order valence-electron chi connectivity index (χ3n) is 11.0. The molecule has 54 heavy (non-hydrogen) atoms. The third-order valence-corrected chi connectivity index (χ3v) is 12.2. The summed E-state index contributed by atoms with van der Waals surface area (Å²) in [6.45, 7) is 0. The SMILES string of the molecule is c1ccc(-c2nc3ccc(N(c4ccc5c(c4)C(c4ccccc4)(c4ccccc4)c4ccccc4-5)c4cccc5c4sc4ccccc45)cc3o2)cc1. The standard InChI is InChI=1S/C50H32N2OS/c1-4-15-33(16-5-1)49-51-44-30-28-37(32-46(44)53-49)52(45-25-14-23-41-40-22-11-13-26-47(40)54-48(41)45)36-27-29-39-38-21-10-12-24-42(38)50(43(39)31-36,34-17-6-2-7-18-34)35-19-8-3-9-20-35/h1-32H. The molecule has 0 saturated carbocycles. The Morgan fingerprint density at radius 1 is 0.500 bits per heavy atom. The van der Waals surface area contributed by atoms with Crippen molar-refractivity contribution in [3.05, 3.63) is 216 Å². The molecule has 0 amide bonds. The van der Waals surface area contributed by atoms with E-state index < -0.39 is 5.41 Å². The minimum atomic E-state index is -0.515. The number of oxazole rings is 1. The Morgan fingerprint density at radius 2 is 1.13 bits per heavy atom. The Hall–Kier alpha value is -6.75. The number of thiophene rings is 1. The van der Waals surface area contributed by atoms with E-state index in [1.807, 2.05) is 41.7 Å². The van der Waals surface area contributed by atoms with E-state index in [-0.39, 0.29) is 0 Å². The quantitative estimate of drug-likeness (QED) is 0.172. The zero-order chi connectivity index (χ0) is 35.6. The van der Waals surface area contributed by atoms with Crippen molar-refractivity contribution in [2.45, 2.75) is 5.41 Å². The molecule has 0 aliphatic heterocycles. The monoisotopic (exact) mass is 708 g/mol. The van der Waals surface area contributed by atoms with E-state index in [0.717, 1.165) is 33.7 Å². The molecule has 254 valence electrons. The number of fused-ring (bicyclic) bond motifs is 7. The molecule has 0 saturated heterocycles. The second kappa shape index (κ2) is 12.2. The van der Waals surface area contributed by atoms with Gasteiger partial charge in [0.2, 0.25) is 5.89 Å². The Morgan fingerprint density at radius 3 is 1.93 bits per heavy atom. The van der Waals surface area contributed by atoms with Gasteiger partial charge in [-0.15, -0.1) is 11.3 Å². The molecule has 0 radical (unpaired) electrons. The highest BCUT2D eigenvalue weighted by molar-refractivity contribution is 7.26. The van der Waals surface area contributed by atoms with Gasteiger partial charge in [0, 0.05) is 32.8 Å². The fourth-order valence-electron chi connectivity index (χ4n) is 8.66. The number of hydrogen-bond donors (Lipinski definition) is 0. The van der Waals surface area contributed by atoms with Gasteiger partial charge in [0.1, 0.15) is 5.52 Å². The van der Waals surface area contributed by atoms with E-state index in [4.69, 9.17) is 9.40 Å². The number of anilines is 3. The molecule has 8 aromatic carbocycles. The van der Waals surface area contributed by atoms with Crippen LogP contribution in [-0.2, 0) is 5.41 Å². The first kappa shape index (κ1) is 30.8. The van der Waals surface area contributed by atoms with Crippen molar-refractivity contribution < 1.29 is 4.42 Å². The smallest absolute Gasteiger partial charge is 0.227 e. The molecular weight excluding hydrogens is 677 g/mol. The second-order valence-corrected chi connectivity index (χ2v) is 14.9. The number of nitrogens with zero attached hydrogens (tertiary/aromatic N) is 2. The van der Waals surface area contributed by atoms with Crippen LogP contribution in [0.3, 0.4) is 0 Å². The molecule has 0 spiro atoms. The van der Waals surface area contributed by atoms with Crippen LogP contribution in [0.2, 0.25) is 0 Å². The summed E-state index contributed by atoms with van der Waals surface area (Å²) in [4.78, 5) is 7.29. The molecule has 4 heteroatoms. The van der Waals surface area contributed by atoms with E-state index in [2.05, 4.69) is 169 Å². The Kier molecular flexibility index (Phi) is 6.94. The van der Waals surface area contributed by atoms with Gasteiger partial charge in [-0.2, -0.15) is 0 Å². The first-order valence-electron chi connectivity index (χ1n) is 18.3. The highest BCUT2D eigenvalue weighted by Crippen LogP contribution is 2.57. The van der Waals surface area contributed by atoms with Crippen molar-refractivity contribution in [1.82, 2.24) is 4.98 Å². The van der Waals surface area contributed by atoms with Crippen LogP contribution < -0.4 is 4.90 Å². The van der Waals surface area contributed by atoms with Crippen molar-refractivity contribution in [1.29, 1.82) is 0 Å². The summed E-state index contributed by atoms with van der Waals surface area (Å²) in [6.07, 6.45) is 0. The van der Waals surface area contributed by atoms with E-state index >= 15 is 0 Å². The zero-order valence-corrected chi connectivity index (χ0v) is 30.0. The first-order valence-corrected chi connectivity index (χ1v) is 19.1. The summed E-state index contributed by atoms with van der Waals surface area (Å²) in [6, 6.07) is 69.9. The van der Waals surface area contributed by atoms with Crippen LogP contribution in [0.25, 0.3) is 53.9 Å². The van der Waals surface area contributed by atoms with Crippen LogP contribution in [0.5, 0.6) is 0 Å². The Balaban J connectivity index is 1.19. The highest BCUT2D eigenvalue weighted by atomic mass is 32.1. The van der Waals surface area contributed by atoms with Gasteiger partial charge in [-0.25, -0.2) is 4.98 Å². The lowest BCUT2D eigenvalue weighted by atomic mass is 9.67. The highest BCUT2D eigenvalue weighted by Gasteiger charge is 2.46. The van der Waals surface area contributed by atoms with Crippen LogP contribution in [0, 0.1) is 0 Å². The largest absolute Gasteiger partial charge is 0.436 e. The lowest BCUT2D eigenvalue weighted by molar-refractivity contribution is 0.620. The lowest BCUT2D eigenvalue weighted by Gasteiger charge is -2.35. The van der Waals surface area contributed by atoms with Gasteiger partial charge in [-0.3, -0.25) is 0 Å². The average Bonchev–Trinajstić information content (AvgIpc) is 3.93. The maximum absolute atomic E-state index is 6.48. The summed E-state index contributed by atoms with van der Waals surface area (Å²) >= 11 is 1.84. The van der Waals surface area contributed by atoms with E-state index in [1.54, 1.807) is 0 Å². The molecule has 0 bridgehead atoms. The van der Waals surface area contributed by atoms with Crippen LogP contribution in [-0.4, -0.2) is 4.98 Å². The average molecular weight is 709 g/mol. The number of aromatic nitrogens is 1. The molecular formula is C50H32N2OS. The minimum Gasteiger partial charge on any atom is -0.436 e. The zero-order valence-electron chi connectivity index (χ0n) is 29.2. The summed E-state index contributed by atoms with van der Waals surface area (Å²) in [5, 5.41) is 2.52. The van der Waals surface area contributed by atoms with Gasteiger partial charge in [-0.1, -0.05) is 140 Å². The fourth-order valence-corrected chi connectivity index (χ4v) is 9.87. The first-order chi connectivity index (χ1) is 26.8. The van der Waals surface area contributed by atoms with Crippen molar-refractivity contribution >= 4 is 59.7 Å². The lowest BCUT2D eigenvalue weighted by Crippen LogP contribution is -2.28. The summed E-state index contributed by atoms with van der Waals surface area (Å²) < 4.78 is 8.99. The van der Waals surface area contributed by atoms with Gasteiger partial charge in [0.15, 0.2) is 5.58 Å². The van der Waals surface area contributed by atoms with Gasteiger partial charge in [0.05, 0.1) is 21.5 Å². The molecule has 0 unspecified atom stereocenters. The van der Waals surface area contributed by atoms with Crippen molar-refractivity contribution in [3.63, 3.8) is 0 Å². The molecule has 0 atom stereocenters. The molecule has 0 N–H and O–H groups in total. The molecule has 1 aliphatic carbocycles. The van der Waals surface area contributed by atoms with Crippen molar-refractivity contribution in [2.75, 3.05) is 4.90 Å². The second-order valence-electron chi connectivity index (χ2n) is 13.9. The number of benzene rings is 8. The van der Waals surface area contributed by atoms with Gasteiger partial charge >= 0.3 is 0 Å². The van der Waals surface area contributed by atoms with E-state index in [0.29, 0.717) is 5.89 Å². The molecule has 0 fully saturated rings. The molecule has 3 nitrogen and oxygen atoms in total. The van der Waals surface area contributed by atoms with Crippen LogP contribution >= 0.6 is 11.3 Å². The van der Waals surface area contributed by atoms with E-state index in [9.17, 15) is 0 Å². The van der Waals surface area contributed by atoms with Gasteiger partial charge < -0.3 is 9.32 Å². The Labute approximate surface area is 317 Å². The third kappa shape index (κ3) is 4.57. The van der Waals surface area contributed by atoms with Crippen molar-refractivity contribution in [2.24, 2.45) is 0 Å². The van der Waals surface area contributed by atoms with Crippen LogP contribution in [0.4, 0.5) is 17.1 Å². The Bertz CT molecular complexity index is 2960. The molecule has 2 heterocycles. The van der Waals surface area contributed by atoms with Crippen LogP contribution in [0.15, 0.2) is 199 Å². The normalized spacial score (nSPS) is 13.0. The van der Waals surface area contributed by atoms with Gasteiger partial charge in [0.25, 0.3) is 0 Å². The van der Waals surface area contributed by atoms with Crippen molar-refractivity contribution in [3.8, 4) is 22.6 Å². The van der Waals surface area contributed by atoms with Crippen LogP contribution in [0.1, 0.15) is 22.3 Å². The maximum atomic E-state index is 6.48. The number of rotatable bonds is 6. The maximum Gasteiger partial charge on any atom is 0.227 e. The molecule has 10 aromatic rings. The topological polar surface area (TPSA) is 29.3 Å². The van der Waals surface area contributed by atoms with Gasteiger partial charge in [-0.05, 0) is 81.9 Å². The summed E-state index contributed by atoms with van der Waals surface area (Å²) in [5.74, 6) is 0.617. The predicted octanol–water partition coefficient (Wildman–Crippen LogP) is 13.7. The molecule has 2 aromatic heterocycles. The predicted molar refractivity (Wildman–Crippen MR) is 224 cm³/mol. The summed E-state index contributed by atoms with van der Waals surface area (Å²) in [5.41, 5.74) is 12.8. The summed E-state index contributed by atoms with van der Waals surface area (Å²) in [7, 11) is 0. The van der Waals surface area contributed by atoms with E-state index in [1.165, 1.54) is 53.6 Å². The minimum absolute atomic E-state index is 0.515. The molecule has 11 rings (SSSR count).